The molecule has 1 heterocycles. The topological polar surface area (TPSA) is 91.5 Å². The molecule has 150 valence electrons. The van der Waals surface area contributed by atoms with Gasteiger partial charge in [-0.3, -0.25) is 4.79 Å². The highest BCUT2D eigenvalue weighted by Crippen LogP contribution is 2.30. The lowest BCUT2D eigenvalue weighted by Crippen LogP contribution is -2.16. The van der Waals surface area contributed by atoms with E-state index in [0.717, 1.165) is 12.1 Å². The van der Waals surface area contributed by atoms with E-state index < -0.39 is 35.2 Å². The van der Waals surface area contributed by atoms with E-state index in [-0.39, 0.29) is 11.1 Å². The third-order valence-corrected chi connectivity index (χ3v) is 4.35. The molecule has 0 saturated carbocycles. The van der Waals surface area contributed by atoms with Gasteiger partial charge in [-0.2, -0.15) is 0 Å². The van der Waals surface area contributed by atoms with E-state index in [4.69, 9.17) is 15.2 Å². The maximum Gasteiger partial charge on any atom is 0.405 e. The number of hydrogen-bond acceptors (Lipinski definition) is 5. The Kier molecular flexibility index (Phi) is 5.72. The Balaban J connectivity index is 2.07. The number of rotatable bonds is 6. The van der Waals surface area contributed by atoms with Crippen LogP contribution in [0.5, 0.6) is 5.88 Å². The average Bonchev–Trinajstić information content (AvgIpc) is 2.66. The number of benzene rings is 2. The normalized spacial score (nSPS) is 11.9. The molecule has 1 atom stereocenters. The Hall–Kier alpha value is -3.55. The first-order valence-corrected chi connectivity index (χ1v) is 8.83. The molecule has 0 aliphatic rings. The summed E-state index contributed by atoms with van der Waals surface area (Å²) in [4.78, 5) is 28.0. The Morgan fingerprint density at radius 1 is 1.14 bits per heavy atom. The first-order valence-electron chi connectivity index (χ1n) is 8.83. The molecule has 1 amide bonds. The molecule has 3 aromatic rings. The molecule has 6 nitrogen and oxygen atoms in total. The van der Waals surface area contributed by atoms with E-state index >= 15 is 0 Å². The summed E-state index contributed by atoms with van der Waals surface area (Å²) in [5, 5.41) is 1.02. The number of fused-ring (bicyclic) bond motifs is 1. The van der Waals surface area contributed by atoms with Crippen molar-refractivity contribution in [1.29, 1.82) is 0 Å². The van der Waals surface area contributed by atoms with Crippen molar-refractivity contribution in [2.24, 2.45) is 5.73 Å². The van der Waals surface area contributed by atoms with Crippen LogP contribution in [0.4, 0.5) is 13.6 Å². The zero-order valence-electron chi connectivity index (χ0n) is 15.7. The van der Waals surface area contributed by atoms with Crippen LogP contribution in [0.15, 0.2) is 42.6 Å². The lowest BCUT2D eigenvalue weighted by atomic mass is 9.96. The van der Waals surface area contributed by atoms with Crippen molar-refractivity contribution in [3.8, 4) is 5.88 Å². The fraction of sp³-hybridized carbons (Fsp3) is 0.190. The first kappa shape index (κ1) is 20.2. The number of ether oxygens (including phenoxy) is 2. The zero-order valence-corrected chi connectivity index (χ0v) is 15.7. The highest BCUT2D eigenvalue weighted by molar-refractivity contribution is 6.17. The highest BCUT2D eigenvalue weighted by Gasteiger charge is 2.24. The number of amides is 1. The second-order valence-corrected chi connectivity index (χ2v) is 6.22. The number of hydrogen-bond donors (Lipinski definition) is 1. The number of primary amides is 1. The molecule has 0 aliphatic carbocycles. The van der Waals surface area contributed by atoms with Crippen molar-refractivity contribution in [2.45, 2.75) is 20.0 Å². The van der Waals surface area contributed by atoms with E-state index in [9.17, 15) is 18.4 Å². The van der Waals surface area contributed by atoms with Crippen LogP contribution >= 0.6 is 0 Å². The van der Waals surface area contributed by atoms with Crippen LogP contribution in [-0.4, -0.2) is 23.5 Å². The minimum atomic E-state index is -1.08. The summed E-state index contributed by atoms with van der Waals surface area (Å²) >= 11 is 0. The van der Waals surface area contributed by atoms with Crippen LogP contribution in [0.3, 0.4) is 0 Å². The number of nitrogens with zero attached hydrogens (tertiary/aromatic N) is 1. The lowest BCUT2D eigenvalue weighted by molar-refractivity contribution is 0.102. The molecule has 29 heavy (non-hydrogen) atoms. The minimum absolute atomic E-state index is 0.0381. The van der Waals surface area contributed by atoms with Gasteiger partial charge in [0.15, 0.2) is 5.78 Å². The van der Waals surface area contributed by atoms with Crippen LogP contribution in [0.2, 0.25) is 0 Å². The molecule has 2 N–H and O–H groups in total. The highest BCUT2D eigenvalue weighted by atomic mass is 19.1. The maximum absolute atomic E-state index is 14.7. The van der Waals surface area contributed by atoms with Gasteiger partial charge in [-0.1, -0.05) is 12.1 Å². The molecule has 1 unspecified atom stereocenters. The maximum atomic E-state index is 14.7. The second kappa shape index (κ2) is 8.22. The van der Waals surface area contributed by atoms with Crippen molar-refractivity contribution < 1.29 is 27.8 Å². The summed E-state index contributed by atoms with van der Waals surface area (Å²) < 4.78 is 39.5. The number of carbonyl (C=O) groups excluding carboxylic acids is 2. The SMILES string of the molecule is CCOc1nccc2c(C(=O)c3c(F)cc(C(C)OC(N)=O)cc3F)cccc12. The molecule has 8 heteroatoms. The minimum Gasteiger partial charge on any atom is -0.478 e. The summed E-state index contributed by atoms with van der Waals surface area (Å²) in [6, 6.07) is 8.25. The van der Waals surface area contributed by atoms with Crippen molar-refractivity contribution >= 4 is 22.6 Å². The van der Waals surface area contributed by atoms with E-state index in [0.29, 0.717) is 23.3 Å². The monoisotopic (exact) mass is 400 g/mol. The van der Waals surface area contributed by atoms with Crippen molar-refractivity contribution in [3.05, 3.63) is 70.9 Å². The molecule has 0 aliphatic heterocycles. The average molecular weight is 400 g/mol. The molecular formula is C21H18F2N2O4. The molecule has 2 aromatic carbocycles. The van der Waals surface area contributed by atoms with Crippen LogP contribution in [0.25, 0.3) is 10.8 Å². The first-order chi connectivity index (χ1) is 13.8. The number of aromatic nitrogens is 1. The van der Waals surface area contributed by atoms with E-state index in [1.807, 2.05) is 0 Å². The fourth-order valence-electron chi connectivity index (χ4n) is 3.05. The van der Waals surface area contributed by atoms with Gasteiger partial charge in [0, 0.05) is 17.1 Å². The predicted octanol–water partition coefficient (Wildman–Crippen LogP) is 4.30. The predicted molar refractivity (Wildman–Crippen MR) is 102 cm³/mol. The number of nitrogens with two attached hydrogens (primary N) is 1. The quantitative estimate of drug-likeness (QED) is 0.623. The fourth-order valence-corrected chi connectivity index (χ4v) is 3.05. The van der Waals surface area contributed by atoms with E-state index in [2.05, 4.69) is 4.98 Å². The summed E-state index contributed by atoms with van der Waals surface area (Å²) in [5.41, 5.74) is 4.37. The Bertz CT molecular complexity index is 1080. The van der Waals surface area contributed by atoms with Crippen LogP contribution in [0.1, 0.15) is 41.4 Å². The summed E-state index contributed by atoms with van der Waals surface area (Å²) in [6.45, 7) is 3.58. The van der Waals surface area contributed by atoms with Crippen molar-refractivity contribution in [2.75, 3.05) is 6.61 Å². The molecule has 0 bridgehead atoms. The number of pyridine rings is 1. The molecule has 0 saturated heterocycles. The summed E-state index contributed by atoms with van der Waals surface area (Å²) in [5.74, 6) is -2.63. The molecule has 0 radical (unpaired) electrons. The van der Waals surface area contributed by atoms with Crippen LogP contribution in [-0.2, 0) is 4.74 Å². The second-order valence-electron chi connectivity index (χ2n) is 6.22. The summed E-state index contributed by atoms with van der Waals surface area (Å²) in [7, 11) is 0. The number of halogens is 2. The molecule has 0 spiro atoms. The third-order valence-electron chi connectivity index (χ3n) is 4.35. The Labute approximate surface area is 165 Å². The molecular weight excluding hydrogens is 382 g/mol. The van der Waals surface area contributed by atoms with Gasteiger partial charge in [0.1, 0.15) is 17.7 Å². The largest absolute Gasteiger partial charge is 0.478 e. The third kappa shape index (κ3) is 4.01. The van der Waals surface area contributed by atoms with Crippen LogP contribution < -0.4 is 10.5 Å². The Morgan fingerprint density at radius 3 is 2.45 bits per heavy atom. The lowest BCUT2D eigenvalue weighted by Gasteiger charge is -2.14. The van der Waals surface area contributed by atoms with E-state index in [1.165, 1.54) is 19.2 Å². The molecule has 1 aromatic heterocycles. The molecule has 3 rings (SSSR count). The van der Waals surface area contributed by atoms with Gasteiger partial charge in [0.05, 0.1) is 12.2 Å². The standard InChI is InChI=1S/C21H18F2N2O4/c1-3-28-20-15-6-4-5-14(13(15)7-8-25-20)19(26)18-16(22)9-12(10-17(18)23)11(2)29-21(24)27/h4-11H,3H2,1-2H3,(H2,24,27). The van der Waals surface area contributed by atoms with Gasteiger partial charge in [0.25, 0.3) is 0 Å². The zero-order chi connectivity index (χ0) is 21.1. The van der Waals surface area contributed by atoms with Gasteiger partial charge in [0.2, 0.25) is 5.88 Å². The van der Waals surface area contributed by atoms with Gasteiger partial charge in [-0.15, -0.1) is 0 Å². The van der Waals surface area contributed by atoms with Crippen molar-refractivity contribution in [1.82, 2.24) is 4.98 Å². The van der Waals surface area contributed by atoms with Gasteiger partial charge in [-0.25, -0.2) is 18.6 Å². The van der Waals surface area contributed by atoms with Gasteiger partial charge < -0.3 is 15.2 Å². The van der Waals surface area contributed by atoms with Gasteiger partial charge >= 0.3 is 6.09 Å². The van der Waals surface area contributed by atoms with E-state index in [1.54, 1.807) is 25.1 Å². The Morgan fingerprint density at radius 2 is 1.83 bits per heavy atom. The molecule has 0 fully saturated rings. The number of carbonyl (C=O) groups is 2. The summed E-state index contributed by atoms with van der Waals surface area (Å²) in [6.07, 6.45) is -0.589. The van der Waals surface area contributed by atoms with Gasteiger partial charge in [-0.05, 0) is 49.1 Å². The van der Waals surface area contributed by atoms with Crippen LogP contribution in [0, 0.1) is 11.6 Å². The van der Waals surface area contributed by atoms with Crippen molar-refractivity contribution in [3.63, 3.8) is 0 Å². The smallest absolute Gasteiger partial charge is 0.405 e. The number of ketones is 1.